The van der Waals surface area contributed by atoms with Gasteiger partial charge in [0.15, 0.2) is 5.17 Å². The summed E-state index contributed by atoms with van der Waals surface area (Å²) in [5, 5.41) is 7.08. The van der Waals surface area contributed by atoms with Gasteiger partial charge < -0.3 is 10.6 Å². The van der Waals surface area contributed by atoms with Gasteiger partial charge in [-0.25, -0.2) is 0 Å². The zero-order valence-corrected chi connectivity index (χ0v) is 8.19. The summed E-state index contributed by atoms with van der Waals surface area (Å²) >= 11 is 1.75. The molecule has 2 N–H and O–H groups in total. The highest BCUT2D eigenvalue weighted by molar-refractivity contribution is 8.13. The lowest BCUT2D eigenvalue weighted by Crippen LogP contribution is -2.35. The molecule has 0 bridgehead atoms. The highest BCUT2D eigenvalue weighted by atomic mass is 32.2. The van der Waals surface area contributed by atoms with E-state index in [1.807, 2.05) is 0 Å². The third kappa shape index (κ3) is 2.37. The molecule has 0 aromatic rings. The van der Waals surface area contributed by atoms with Gasteiger partial charge in [0.05, 0.1) is 6.04 Å². The predicted molar refractivity (Wildman–Crippen MR) is 53.9 cm³/mol. The molecular weight excluding hydrogens is 186 g/mol. The van der Waals surface area contributed by atoms with Gasteiger partial charge in [-0.2, -0.15) is 0 Å². The van der Waals surface area contributed by atoms with Crippen LogP contribution in [0.4, 0.5) is 0 Å². The summed E-state index contributed by atoms with van der Waals surface area (Å²) in [4.78, 5) is 15.2. The van der Waals surface area contributed by atoms with Crippen molar-refractivity contribution in [1.82, 2.24) is 10.6 Å². The Balaban J connectivity index is 1.83. The maximum atomic E-state index is 10.9. The van der Waals surface area contributed by atoms with Crippen molar-refractivity contribution in [3.8, 4) is 0 Å². The minimum absolute atomic E-state index is 0.138. The minimum atomic E-state index is 0.138. The molecule has 0 aromatic carbocycles. The second kappa shape index (κ2) is 4.00. The van der Waals surface area contributed by atoms with Crippen LogP contribution in [0.15, 0.2) is 4.99 Å². The van der Waals surface area contributed by atoms with E-state index in [1.54, 1.807) is 11.8 Å². The Morgan fingerprint density at radius 3 is 3.15 bits per heavy atom. The topological polar surface area (TPSA) is 53.5 Å². The number of amidine groups is 1. The summed E-state index contributed by atoms with van der Waals surface area (Å²) in [5.41, 5.74) is 0. The molecule has 2 aliphatic rings. The number of thioether (sulfide) groups is 1. The van der Waals surface area contributed by atoms with Gasteiger partial charge in [-0.1, -0.05) is 11.8 Å². The van der Waals surface area contributed by atoms with Gasteiger partial charge in [-0.15, -0.1) is 0 Å². The number of nitrogens with one attached hydrogen (secondary N) is 2. The molecule has 2 rings (SSSR count). The maximum absolute atomic E-state index is 10.9. The average molecular weight is 199 g/mol. The molecule has 72 valence electrons. The first kappa shape index (κ1) is 8.87. The van der Waals surface area contributed by atoms with Crippen molar-refractivity contribution >= 4 is 22.8 Å². The Hall–Kier alpha value is -0.710. The average Bonchev–Trinajstić information content (AvgIpc) is 2.53. The summed E-state index contributed by atoms with van der Waals surface area (Å²) in [6, 6.07) is 0.247. The molecule has 1 amide bonds. The van der Waals surface area contributed by atoms with E-state index in [0.29, 0.717) is 6.42 Å². The van der Waals surface area contributed by atoms with Gasteiger partial charge in [-0.05, 0) is 6.42 Å². The Kier molecular flexibility index (Phi) is 2.73. The zero-order valence-electron chi connectivity index (χ0n) is 7.38. The molecule has 4 nitrogen and oxygen atoms in total. The Morgan fingerprint density at radius 1 is 1.62 bits per heavy atom. The fraction of sp³-hybridized carbons (Fsp3) is 0.750. The van der Waals surface area contributed by atoms with Crippen LogP contribution in [0.1, 0.15) is 12.8 Å². The van der Waals surface area contributed by atoms with Gasteiger partial charge in [-0.3, -0.25) is 9.79 Å². The van der Waals surface area contributed by atoms with Crippen molar-refractivity contribution < 1.29 is 4.79 Å². The summed E-state index contributed by atoms with van der Waals surface area (Å²) in [6.45, 7) is 1.65. The predicted octanol–water partition coefficient (Wildman–Crippen LogP) is -0.0426. The van der Waals surface area contributed by atoms with E-state index in [2.05, 4.69) is 15.6 Å². The fourth-order valence-electron chi connectivity index (χ4n) is 1.43. The van der Waals surface area contributed by atoms with Crippen molar-refractivity contribution in [3.05, 3.63) is 0 Å². The van der Waals surface area contributed by atoms with E-state index < -0.39 is 0 Å². The molecule has 2 aliphatic heterocycles. The number of amides is 1. The van der Waals surface area contributed by atoms with E-state index in [1.165, 1.54) is 0 Å². The van der Waals surface area contributed by atoms with Crippen LogP contribution in [0, 0.1) is 0 Å². The van der Waals surface area contributed by atoms with E-state index in [-0.39, 0.29) is 11.9 Å². The van der Waals surface area contributed by atoms with E-state index in [0.717, 1.165) is 30.4 Å². The first-order chi connectivity index (χ1) is 6.34. The fourth-order valence-corrected chi connectivity index (χ4v) is 2.33. The van der Waals surface area contributed by atoms with Gasteiger partial charge in [0, 0.05) is 25.3 Å². The number of carbonyl (C=O) groups is 1. The Labute approximate surface area is 81.6 Å². The Bertz CT molecular complexity index is 242. The van der Waals surface area contributed by atoms with Crippen LogP contribution in [0.5, 0.6) is 0 Å². The van der Waals surface area contributed by atoms with E-state index in [9.17, 15) is 4.79 Å². The number of carbonyl (C=O) groups excluding carboxylic acids is 1. The zero-order chi connectivity index (χ0) is 9.10. The maximum Gasteiger partial charge on any atom is 0.222 e. The lowest BCUT2D eigenvalue weighted by atomic mass is 10.3. The van der Waals surface area contributed by atoms with Crippen LogP contribution in [0.2, 0.25) is 0 Å². The molecule has 0 spiro atoms. The van der Waals surface area contributed by atoms with Gasteiger partial charge in [0.1, 0.15) is 0 Å². The molecule has 1 saturated heterocycles. The van der Waals surface area contributed by atoms with Gasteiger partial charge in [0.25, 0.3) is 0 Å². The molecule has 5 heteroatoms. The minimum Gasteiger partial charge on any atom is -0.360 e. The number of nitrogens with zero attached hydrogens (tertiary/aromatic N) is 1. The summed E-state index contributed by atoms with van der Waals surface area (Å²) in [5.74, 6) is 1.28. The van der Waals surface area contributed by atoms with E-state index >= 15 is 0 Å². The van der Waals surface area contributed by atoms with Crippen LogP contribution in [0.3, 0.4) is 0 Å². The second-order valence-electron chi connectivity index (χ2n) is 3.24. The van der Waals surface area contributed by atoms with E-state index in [4.69, 9.17) is 0 Å². The van der Waals surface area contributed by atoms with Gasteiger partial charge >= 0.3 is 0 Å². The largest absolute Gasteiger partial charge is 0.360 e. The van der Waals surface area contributed by atoms with Crippen molar-refractivity contribution in [2.24, 2.45) is 4.99 Å². The van der Waals surface area contributed by atoms with Crippen molar-refractivity contribution in [2.75, 3.05) is 18.8 Å². The standard InChI is InChI=1S/C8H13N3OS/c12-7-4-6(5-10-7)11-8-9-2-1-3-13-8/h6H,1-5H2,(H,9,11)(H,10,12). The third-order valence-corrected chi connectivity index (χ3v) is 3.11. The molecule has 0 aliphatic carbocycles. The molecule has 2 heterocycles. The molecule has 0 saturated carbocycles. The summed E-state index contributed by atoms with van der Waals surface area (Å²) in [6.07, 6.45) is 1.75. The Morgan fingerprint density at radius 2 is 2.54 bits per heavy atom. The molecule has 1 unspecified atom stereocenters. The molecular formula is C8H13N3OS. The summed E-state index contributed by atoms with van der Waals surface area (Å²) < 4.78 is 0. The monoisotopic (exact) mass is 199 g/mol. The number of rotatable bonds is 1. The SMILES string of the molecule is O=C1CC(NC2=NCCCS2)CN1. The second-order valence-corrected chi connectivity index (χ2v) is 4.32. The van der Waals surface area contributed by atoms with Crippen LogP contribution in [-0.4, -0.2) is 36.0 Å². The molecule has 1 atom stereocenters. The van der Waals surface area contributed by atoms with Crippen molar-refractivity contribution in [2.45, 2.75) is 18.9 Å². The highest BCUT2D eigenvalue weighted by Gasteiger charge is 2.22. The lowest BCUT2D eigenvalue weighted by molar-refractivity contribution is -0.119. The number of hydrogen-bond acceptors (Lipinski definition) is 4. The quantitative estimate of drug-likeness (QED) is 0.623. The van der Waals surface area contributed by atoms with Crippen molar-refractivity contribution in [3.63, 3.8) is 0 Å². The van der Waals surface area contributed by atoms with Crippen molar-refractivity contribution in [1.29, 1.82) is 0 Å². The van der Waals surface area contributed by atoms with Gasteiger partial charge in [0.2, 0.25) is 5.91 Å². The molecule has 13 heavy (non-hydrogen) atoms. The first-order valence-electron chi connectivity index (χ1n) is 4.55. The van der Waals surface area contributed by atoms with Crippen LogP contribution < -0.4 is 10.6 Å². The van der Waals surface area contributed by atoms with Crippen LogP contribution in [0.25, 0.3) is 0 Å². The van der Waals surface area contributed by atoms with Crippen LogP contribution >= 0.6 is 11.8 Å². The van der Waals surface area contributed by atoms with Crippen LogP contribution in [-0.2, 0) is 4.79 Å². The molecule has 1 fully saturated rings. The molecule has 0 aromatic heterocycles. The summed E-state index contributed by atoms with van der Waals surface area (Å²) in [7, 11) is 0. The first-order valence-corrected chi connectivity index (χ1v) is 5.53. The third-order valence-electron chi connectivity index (χ3n) is 2.10. The highest BCUT2D eigenvalue weighted by Crippen LogP contribution is 2.12. The lowest BCUT2D eigenvalue weighted by Gasteiger charge is -2.16. The number of hydrogen-bond donors (Lipinski definition) is 2. The molecule has 0 radical (unpaired) electrons. The smallest absolute Gasteiger partial charge is 0.222 e. The number of aliphatic imine (C=N–C) groups is 1. The normalized spacial score (nSPS) is 28.2.